The fourth-order valence-electron chi connectivity index (χ4n) is 11.6. The van der Waals surface area contributed by atoms with Gasteiger partial charge in [-0.25, -0.2) is 0 Å². The van der Waals surface area contributed by atoms with Crippen LogP contribution < -0.4 is 4.90 Å². The Hall–Kier alpha value is -8.72. The van der Waals surface area contributed by atoms with Gasteiger partial charge < -0.3 is 9.32 Å². The molecule has 0 atom stereocenters. The van der Waals surface area contributed by atoms with E-state index in [0.717, 1.165) is 60.9 Å². The molecule has 2 aliphatic rings. The predicted molar refractivity (Wildman–Crippen MR) is 279 cm³/mol. The lowest BCUT2D eigenvalue weighted by Gasteiger charge is -2.32. The summed E-state index contributed by atoms with van der Waals surface area (Å²) in [6, 6.07) is 91.2. The number of fused-ring (bicyclic) bond motifs is 15. The number of furan rings is 1. The smallest absolute Gasteiger partial charge is 0.143 e. The van der Waals surface area contributed by atoms with Crippen LogP contribution in [0, 0.1) is 0 Å². The molecule has 0 saturated carbocycles. The molecule has 1 spiro atoms. The lowest BCUT2D eigenvalue weighted by atomic mass is 9.70. The van der Waals surface area contributed by atoms with Crippen molar-refractivity contribution in [2.75, 3.05) is 4.90 Å². The van der Waals surface area contributed by atoms with Gasteiger partial charge in [-0.15, -0.1) is 0 Å². The molecule has 12 aromatic rings. The van der Waals surface area contributed by atoms with E-state index in [2.05, 4.69) is 254 Å². The van der Waals surface area contributed by atoms with Crippen LogP contribution in [-0.2, 0) is 5.41 Å². The predicted octanol–water partition coefficient (Wildman–Crippen LogP) is 17.6. The minimum absolute atomic E-state index is 0.476. The normalized spacial score (nSPS) is 12.9. The molecule has 1 aromatic heterocycles. The molecule has 1 heterocycles. The quantitative estimate of drug-likeness (QED) is 0.166. The maximum Gasteiger partial charge on any atom is 0.143 e. The van der Waals surface area contributed by atoms with E-state index in [9.17, 15) is 0 Å². The minimum Gasteiger partial charge on any atom is -0.455 e. The monoisotopic (exact) mass is 851 g/mol. The summed E-state index contributed by atoms with van der Waals surface area (Å²) in [4.78, 5) is 2.48. The molecule has 0 fully saturated rings. The van der Waals surface area contributed by atoms with Crippen LogP contribution >= 0.6 is 0 Å². The summed E-state index contributed by atoms with van der Waals surface area (Å²) < 4.78 is 6.94. The van der Waals surface area contributed by atoms with Crippen LogP contribution in [0.25, 0.3) is 88.3 Å². The molecule has 312 valence electrons. The summed E-state index contributed by atoms with van der Waals surface area (Å²) in [5.41, 5.74) is 22.1. The third kappa shape index (κ3) is 5.51. The molecule has 0 aliphatic heterocycles. The van der Waals surface area contributed by atoms with Crippen molar-refractivity contribution in [3.8, 4) is 55.6 Å². The zero-order valence-corrected chi connectivity index (χ0v) is 36.5. The fourth-order valence-corrected chi connectivity index (χ4v) is 11.6. The molecule has 2 aliphatic carbocycles. The summed E-state index contributed by atoms with van der Waals surface area (Å²) in [5, 5.41) is 4.39. The van der Waals surface area contributed by atoms with Gasteiger partial charge in [0.15, 0.2) is 0 Å². The standard InChI is InChI=1S/C65H41NO/c1-3-16-42(17-4-1)44-30-32-46(33-31-44)49-25-15-29-62-63(49)56-41-61(54-23-7-8-24-55(54)64(56)67-62)66(47-36-34-45(35-37-47)43-18-5-2-6-19-43)48-38-39-53-52-22-11-14-28-59(52)65(60(53)40-48)57-26-12-9-20-50(57)51-21-10-13-27-58(51)65/h1-41H. The molecule has 0 N–H and O–H groups in total. The third-order valence-corrected chi connectivity index (χ3v) is 14.5. The van der Waals surface area contributed by atoms with Crippen molar-refractivity contribution >= 4 is 49.8 Å². The molecule has 2 nitrogen and oxygen atoms in total. The van der Waals surface area contributed by atoms with Gasteiger partial charge in [0.25, 0.3) is 0 Å². The molecule has 0 radical (unpaired) electrons. The van der Waals surface area contributed by atoms with E-state index in [0.29, 0.717) is 0 Å². The van der Waals surface area contributed by atoms with Crippen LogP contribution in [0.5, 0.6) is 0 Å². The van der Waals surface area contributed by atoms with Gasteiger partial charge in [0.05, 0.1) is 11.1 Å². The van der Waals surface area contributed by atoms with Gasteiger partial charge in [-0.05, 0) is 114 Å². The average molecular weight is 852 g/mol. The van der Waals surface area contributed by atoms with Crippen molar-refractivity contribution in [3.63, 3.8) is 0 Å². The molecule has 0 saturated heterocycles. The Morgan fingerprint density at radius 2 is 0.761 bits per heavy atom. The SMILES string of the molecule is c1ccc(-c2ccc(-c3cccc4oc5c6ccccc6c(N(c6ccc(-c7ccccc7)cc6)c6ccc7c(c6)C6(c8ccccc8-c8ccccc86)c6ccccc6-7)cc5c34)cc2)cc1. The largest absolute Gasteiger partial charge is 0.455 e. The Morgan fingerprint density at radius 3 is 1.37 bits per heavy atom. The van der Waals surface area contributed by atoms with Crippen LogP contribution in [0.1, 0.15) is 22.3 Å². The molecule has 67 heavy (non-hydrogen) atoms. The molecule has 0 bridgehead atoms. The highest BCUT2D eigenvalue weighted by Gasteiger charge is 2.51. The van der Waals surface area contributed by atoms with Crippen molar-refractivity contribution in [1.82, 2.24) is 0 Å². The van der Waals surface area contributed by atoms with Gasteiger partial charge in [0, 0.05) is 32.9 Å². The Labute approximate surface area is 389 Å². The van der Waals surface area contributed by atoms with Crippen molar-refractivity contribution in [3.05, 3.63) is 271 Å². The number of hydrogen-bond donors (Lipinski definition) is 0. The van der Waals surface area contributed by atoms with Gasteiger partial charge >= 0.3 is 0 Å². The van der Waals surface area contributed by atoms with Crippen molar-refractivity contribution in [2.24, 2.45) is 0 Å². The van der Waals surface area contributed by atoms with Gasteiger partial charge in [-0.1, -0.05) is 212 Å². The summed E-state index contributed by atoms with van der Waals surface area (Å²) >= 11 is 0. The second-order valence-corrected chi connectivity index (χ2v) is 17.9. The zero-order chi connectivity index (χ0) is 44.1. The van der Waals surface area contributed by atoms with Gasteiger partial charge in [0.2, 0.25) is 0 Å². The molecule has 14 rings (SSSR count). The Kier molecular flexibility index (Phi) is 8.23. The number of anilines is 3. The Balaban J connectivity index is 1.03. The maximum atomic E-state index is 6.94. The second kappa shape index (κ2) is 14.7. The number of hydrogen-bond acceptors (Lipinski definition) is 2. The highest BCUT2D eigenvalue weighted by atomic mass is 16.3. The van der Waals surface area contributed by atoms with Crippen LogP contribution in [0.15, 0.2) is 253 Å². The first-order valence-corrected chi connectivity index (χ1v) is 23.2. The van der Waals surface area contributed by atoms with Crippen molar-refractivity contribution in [1.29, 1.82) is 0 Å². The van der Waals surface area contributed by atoms with E-state index in [4.69, 9.17) is 4.42 Å². The highest BCUT2D eigenvalue weighted by molar-refractivity contribution is 6.22. The first-order chi connectivity index (χ1) is 33.2. The van der Waals surface area contributed by atoms with Gasteiger partial charge in [0.1, 0.15) is 11.2 Å². The highest BCUT2D eigenvalue weighted by Crippen LogP contribution is 2.63. The molecule has 2 heteroatoms. The van der Waals surface area contributed by atoms with E-state index in [-0.39, 0.29) is 0 Å². The molecule has 11 aromatic carbocycles. The Bertz CT molecular complexity index is 3840. The van der Waals surface area contributed by atoms with Gasteiger partial charge in [-0.2, -0.15) is 0 Å². The van der Waals surface area contributed by atoms with E-state index in [1.165, 1.54) is 66.8 Å². The number of benzene rings is 11. The van der Waals surface area contributed by atoms with Gasteiger partial charge in [-0.3, -0.25) is 0 Å². The van der Waals surface area contributed by atoms with Crippen LogP contribution in [-0.4, -0.2) is 0 Å². The molecule has 0 amide bonds. The summed E-state index contributed by atoms with van der Waals surface area (Å²) in [6.45, 7) is 0. The minimum atomic E-state index is -0.476. The van der Waals surface area contributed by atoms with Crippen LogP contribution in [0.2, 0.25) is 0 Å². The number of nitrogens with zero attached hydrogens (tertiary/aromatic N) is 1. The molecular weight excluding hydrogens is 811 g/mol. The summed E-state index contributed by atoms with van der Waals surface area (Å²) in [7, 11) is 0. The number of rotatable bonds is 6. The van der Waals surface area contributed by atoms with Crippen LogP contribution in [0.3, 0.4) is 0 Å². The first-order valence-electron chi connectivity index (χ1n) is 23.2. The molecule has 0 unspecified atom stereocenters. The van der Waals surface area contributed by atoms with E-state index < -0.39 is 5.41 Å². The average Bonchev–Trinajstić information content (AvgIpc) is 4.04. The lowest BCUT2D eigenvalue weighted by molar-refractivity contribution is 0.673. The first kappa shape index (κ1) is 37.6. The van der Waals surface area contributed by atoms with Crippen LogP contribution in [0.4, 0.5) is 17.1 Å². The topological polar surface area (TPSA) is 16.4 Å². The fraction of sp³-hybridized carbons (Fsp3) is 0.0154. The van der Waals surface area contributed by atoms with E-state index in [1.807, 2.05) is 0 Å². The van der Waals surface area contributed by atoms with Crippen molar-refractivity contribution < 1.29 is 4.42 Å². The summed E-state index contributed by atoms with van der Waals surface area (Å²) in [5.74, 6) is 0. The zero-order valence-electron chi connectivity index (χ0n) is 36.5. The maximum absolute atomic E-state index is 6.94. The lowest BCUT2D eigenvalue weighted by Crippen LogP contribution is -2.26. The third-order valence-electron chi connectivity index (χ3n) is 14.5. The van der Waals surface area contributed by atoms with E-state index in [1.54, 1.807) is 0 Å². The molecular formula is C65H41NO. The van der Waals surface area contributed by atoms with E-state index >= 15 is 0 Å². The van der Waals surface area contributed by atoms with Crippen molar-refractivity contribution in [2.45, 2.75) is 5.41 Å². The second-order valence-electron chi connectivity index (χ2n) is 17.9. The summed E-state index contributed by atoms with van der Waals surface area (Å²) in [6.07, 6.45) is 0. The Morgan fingerprint density at radius 1 is 0.299 bits per heavy atom.